The number of rotatable bonds is 4. The van der Waals surface area contributed by atoms with E-state index in [9.17, 15) is 0 Å². The summed E-state index contributed by atoms with van der Waals surface area (Å²) >= 11 is 0. The molecule has 0 heterocycles. The van der Waals surface area contributed by atoms with E-state index >= 15 is 0 Å². The van der Waals surface area contributed by atoms with E-state index in [4.69, 9.17) is 0 Å². The van der Waals surface area contributed by atoms with Gasteiger partial charge in [-0.15, -0.1) is 0 Å². The fraction of sp³-hybridized carbons (Fsp3) is 0.235. The van der Waals surface area contributed by atoms with Gasteiger partial charge in [0.25, 0.3) is 0 Å². The Morgan fingerprint density at radius 1 is 0.412 bits per heavy atom. The van der Waals surface area contributed by atoms with Gasteiger partial charge in [0.15, 0.2) is 0 Å². The van der Waals surface area contributed by atoms with Crippen LogP contribution in [0.1, 0.15) is 58.8 Å². The highest BCUT2D eigenvalue weighted by molar-refractivity contribution is 5.43. The first-order valence-electron chi connectivity index (χ1n) is 12.8. The molecule has 0 aliphatic heterocycles. The van der Waals surface area contributed by atoms with Crippen molar-refractivity contribution >= 4 is 0 Å². The lowest BCUT2D eigenvalue weighted by Crippen LogP contribution is -2.42. The topological polar surface area (TPSA) is 0 Å². The molecule has 1 fully saturated rings. The molecule has 168 valence electrons. The summed E-state index contributed by atoms with van der Waals surface area (Å²) in [6.07, 6.45) is 7.46. The van der Waals surface area contributed by atoms with Crippen LogP contribution in [0.3, 0.4) is 0 Å². The van der Waals surface area contributed by atoms with E-state index < -0.39 is 0 Å². The lowest BCUT2D eigenvalue weighted by atomic mass is 9.50. The maximum Gasteiger partial charge on any atom is -0.00125 e. The summed E-state index contributed by atoms with van der Waals surface area (Å²) < 4.78 is 0. The molecule has 34 heavy (non-hydrogen) atoms. The molecule has 0 heteroatoms. The van der Waals surface area contributed by atoms with Gasteiger partial charge in [-0.1, -0.05) is 133 Å². The molecule has 0 saturated heterocycles. The molecule has 4 aromatic rings. The quantitative estimate of drug-likeness (QED) is 0.278. The lowest BCUT2D eigenvalue weighted by molar-refractivity contribution is 0.144. The van der Waals surface area contributed by atoms with Crippen molar-refractivity contribution in [2.45, 2.75) is 36.5 Å². The smallest absolute Gasteiger partial charge is 0.00125 e. The summed E-state index contributed by atoms with van der Waals surface area (Å²) in [4.78, 5) is 0. The molecule has 0 nitrogen and oxygen atoms in total. The van der Waals surface area contributed by atoms with Gasteiger partial charge in [-0.05, 0) is 70.6 Å². The summed E-state index contributed by atoms with van der Waals surface area (Å²) in [7, 11) is 0. The molecule has 0 spiro atoms. The fourth-order valence-corrected chi connectivity index (χ4v) is 7.05. The van der Waals surface area contributed by atoms with Crippen LogP contribution >= 0.6 is 0 Å². The van der Waals surface area contributed by atoms with Crippen LogP contribution in [0.5, 0.6) is 0 Å². The van der Waals surface area contributed by atoms with Crippen molar-refractivity contribution in [2.24, 2.45) is 11.8 Å². The van der Waals surface area contributed by atoms with E-state index in [0.29, 0.717) is 35.5 Å². The number of hydrogen-bond acceptors (Lipinski definition) is 0. The van der Waals surface area contributed by atoms with Gasteiger partial charge in [-0.25, -0.2) is 0 Å². The van der Waals surface area contributed by atoms with Crippen molar-refractivity contribution in [3.63, 3.8) is 0 Å². The molecular formula is C34H32. The minimum Gasteiger partial charge on any atom is -0.0882 e. The molecule has 0 radical (unpaired) electrons. The van der Waals surface area contributed by atoms with E-state index in [2.05, 4.69) is 133 Å². The standard InChI is InChI=1S/C34H32/c1-5-15-25(16-6-1)31-29-23-13-14-24-30(29)32(26-17-7-2-8-18-26)34(28-21-11-4-12-22-28)33(31)27-19-9-3-10-20-27/h1-13,15-23,29-34H,14,24H2. The first kappa shape index (κ1) is 21.2. The van der Waals surface area contributed by atoms with E-state index in [1.807, 2.05) is 0 Å². The van der Waals surface area contributed by atoms with Gasteiger partial charge in [0.2, 0.25) is 0 Å². The third-order valence-corrected chi connectivity index (χ3v) is 8.29. The molecular weight excluding hydrogens is 408 g/mol. The number of fused-ring (bicyclic) bond motifs is 1. The average molecular weight is 441 g/mol. The van der Waals surface area contributed by atoms with E-state index in [-0.39, 0.29) is 0 Å². The van der Waals surface area contributed by atoms with E-state index in [1.165, 1.54) is 35.1 Å². The summed E-state index contributed by atoms with van der Waals surface area (Å²) in [6, 6.07) is 45.4. The van der Waals surface area contributed by atoms with Gasteiger partial charge in [-0.2, -0.15) is 0 Å². The molecule has 0 amide bonds. The minimum absolute atomic E-state index is 0.403. The monoisotopic (exact) mass is 440 g/mol. The Morgan fingerprint density at radius 2 is 0.794 bits per heavy atom. The number of hydrogen-bond donors (Lipinski definition) is 0. The van der Waals surface area contributed by atoms with Crippen molar-refractivity contribution in [1.29, 1.82) is 0 Å². The largest absolute Gasteiger partial charge is 0.0882 e. The average Bonchev–Trinajstić information content (AvgIpc) is 2.93. The molecule has 6 rings (SSSR count). The molecule has 6 unspecified atom stereocenters. The second kappa shape index (κ2) is 9.47. The van der Waals surface area contributed by atoms with Gasteiger partial charge in [0.1, 0.15) is 0 Å². The third-order valence-electron chi connectivity index (χ3n) is 8.29. The van der Waals surface area contributed by atoms with Crippen LogP contribution < -0.4 is 0 Å². The summed E-state index contributed by atoms with van der Waals surface area (Å²) in [5.41, 5.74) is 5.90. The second-order valence-corrected chi connectivity index (χ2v) is 9.99. The van der Waals surface area contributed by atoms with E-state index in [0.717, 1.165) is 0 Å². The van der Waals surface area contributed by atoms with Crippen LogP contribution in [0.2, 0.25) is 0 Å². The highest BCUT2D eigenvalue weighted by atomic mass is 14.5. The number of benzene rings is 4. The van der Waals surface area contributed by atoms with Crippen molar-refractivity contribution < 1.29 is 0 Å². The maximum atomic E-state index is 2.57. The Labute approximate surface area is 204 Å². The molecule has 2 aliphatic rings. The lowest BCUT2D eigenvalue weighted by Gasteiger charge is -2.53. The summed E-state index contributed by atoms with van der Waals surface area (Å²) in [5, 5.41) is 0. The fourth-order valence-electron chi connectivity index (χ4n) is 7.05. The first-order chi connectivity index (χ1) is 16.9. The maximum absolute atomic E-state index is 2.57. The zero-order valence-corrected chi connectivity index (χ0v) is 19.6. The Bertz CT molecular complexity index is 1210. The Morgan fingerprint density at radius 3 is 1.26 bits per heavy atom. The second-order valence-electron chi connectivity index (χ2n) is 9.99. The Kier molecular flexibility index (Phi) is 5.90. The highest BCUT2D eigenvalue weighted by Gasteiger charge is 2.51. The molecule has 2 aliphatic carbocycles. The van der Waals surface area contributed by atoms with Crippen LogP contribution in [0, 0.1) is 11.8 Å². The van der Waals surface area contributed by atoms with Gasteiger partial charge >= 0.3 is 0 Å². The normalized spacial score (nSPS) is 28.2. The predicted octanol–water partition coefficient (Wildman–Crippen LogP) is 8.72. The van der Waals surface area contributed by atoms with Crippen LogP contribution in [0.15, 0.2) is 133 Å². The summed E-state index contributed by atoms with van der Waals surface area (Å²) in [6.45, 7) is 0. The van der Waals surface area contributed by atoms with Gasteiger partial charge in [0, 0.05) is 0 Å². The van der Waals surface area contributed by atoms with Crippen molar-refractivity contribution in [3.8, 4) is 0 Å². The SMILES string of the molecule is C1=CC2C(CC1)C(c1ccccc1)C(c1ccccc1)C(c1ccccc1)C2c1ccccc1. The number of allylic oxidation sites excluding steroid dienone is 2. The molecule has 0 bridgehead atoms. The van der Waals surface area contributed by atoms with Gasteiger partial charge in [0.05, 0.1) is 0 Å². The van der Waals surface area contributed by atoms with Crippen LogP contribution in [0.4, 0.5) is 0 Å². The molecule has 0 N–H and O–H groups in total. The van der Waals surface area contributed by atoms with Crippen molar-refractivity contribution in [2.75, 3.05) is 0 Å². The predicted molar refractivity (Wildman–Crippen MR) is 142 cm³/mol. The molecule has 0 aromatic heterocycles. The molecule has 1 saturated carbocycles. The van der Waals surface area contributed by atoms with E-state index in [1.54, 1.807) is 0 Å². The van der Waals surface area contributed by atoms with Crippen LogP contribution in [-0.2, 0) is 0 Å². The first-order valence-corrected chi connectivity index (χ1v) is 12.8. The minimum atomic E-state index is 0.403. The zero-order chi connectivity index (χ0) is 22.7. The van der Waals surface area contributed by atoms with Gasteiger partial charge < -0.3 is 0 Å². The van der Waals surface area contributed by atoms with Crippen LogP contribution in [-0.4, -0.2) is 0 Å². The van der Waals surface area contributed by atoms with Crippen molar-refractivity contribution in [1.82, 2.24) is 0 Å². The molecule has 6 atom stereocenters. The Hall–Kier alpha value is -3.38. The van der Waals surface area contributed by atoms with Crippen molar-refractivity contribution in [3.05, 3.63) is 156 Å². The zero-order valence-electron chi connectivity index (χ0n) is 19.6. The van der Waals surface area contributed by atoms with Crippen LogP contribution in [0.25, 0.3) is 0 Å². The highest BCUT2D eigenvalue weighted by Crippen LogP contribution is 2.63. The molecule has 4 aromatic carbocycles. The Balaban J connectivity index is 1.62. The summed E-state index contributed by atoms with van der Waals surface area (Å²) in [5.74, 6) is 2.93. The van der Waals surface area contributed by atoms with Gasteiger partial charge in [-0.3, -0.25) is 0 Å². The third kappa shape index (κ3) is 3.82.